The number of carbonyl (C=O) groups excluding carboxylic acids is 2. The van der Waals surface area contributed by atoms with E-state index in [1.165, 1.54) is 12.5 Å². The van der Waals surface area contributed by atoms with Crippen LogP contribution in [0.4, 0.5) is 0 Å². The fourth-order valence-electron chi connectivity index (χ4n) is 2.65. The van der Waals surface area contributed by atoms with Crippen LogP contribution in [0.5, 0.6) is 0 Å². The average molecular weight is 298 g/mol. The van der Waals surface area contributed by atoms with Crippen LogP contribution in [0.25, 0.3) is 0 Å². The van der Waals surface area contributed by atoms with Crippen LogP contribution < -0.4 is 5.32 Å². The summed E-state index contributed by atoms with van der Waals surface area (Å²) in [7, 11) is 0. The molecule has 0 bridgehead atoms. The third-order valence-electron chi connectivity index (χ3n) is 3.92. The number of carbonyl (C=O) groups is 2. The van der Waals surface area contributed by atoms with E-state index >= 15 is 0 Å². The molecule has 0 atom stereocenters. The van der Waals surface area contributed by atoms with Gasteiger partial charge in [0, 0.05) is 24.7 Å². The first-order valence-corrected chi connectivity index (χ1v) is 7.41. The van der Waals surface area contributed by atoms with Gasteiger partial charge in [0.15, 0.2) is 0 Å². The second kappa shape index (κ2) is 6.47. The van der Waals surface area contributed by atoms with E-state index < -0.39 is 0 Å². The van der Waals surface area contributed by atoms with Crippen LogP contribution in [0.3, 0.4) is 0 Å². The van der Waals surface area contributed by atoms with Crippen molar-refractivity contribution >= 4 is 11.8 Å². The summed E-state index contributed by atoms with van der Waals surface area (Å²) in [6.07, 6.45) is 4.45. The molecule has 1 N–H and O–H groups in total. The van der Waals surface area contributed by atoms with Crippen LogP contribution in [-0.2, 0) is 0 Å². The van der Waals surface area contributed by atoms with Crippen LogP contribution in [0.2, 0.25) is 0 Å². The monoisotopic (exact) mass is 298 g/mol. The molecular formula is C17H18N2O3. The van der Waals surface area contributed by atoms with Gasteiger partial charge in [0.1, 0.15) is 6.26 Å². The summed E-state index contributed by atoms with van der Waals surface area (Å²) in [5, 5.41) is 2.98. The van der Waals surface area contributed by atoms with Crippen LogP contribution in [0.15, 0.2) is 53.3 Å². The molecule has 2 heterocycles. The number of likely N-dealkylation sites (tertiary alicyclic amines) is 1. The number of hydrogen-bond donors (Lipinski definition) is 1. The SMILES string of the molecule is O=C(NC1CCN(C(=O)c2ccccc2)CC1)c1ccoc1. The molecule has 5 heteroatoms. The van der Waals surface area contributed by atoms with Crippen molar-refractivity contribution in [3.63, 3.8) is 0 Å². The molecule has 1 aliphatic rings. The van der Waals surface area contributed by atoms with Gasteiger partial charge in [-0.1, -0.05) is 18.2 Å². The molecule has 2 amide bonds. The van der Waals surface area contributed by atoms with Gasteiger partial charge in [0.05, 0.1) is 11.8 Å². The van der Waals surface area contributed by atoms with Gasteiger partial charge in [-0.15, -0.1) is 0 Å². The van der Waals surface area contributed by atoms with Gasteiger partial charge in [0.25, 0.3) is 11.8 Å². The molecule has 0 saturated carbocycles. The summed E-state index contributed by atoms with van der Waals surface area (Å²) in [6, 6.07) is 11.0. The van der Waals surface area contributed by atoms with E-state index in [1.54, 1.807) is 6.07 Å². The van der Waals surface area contributed by atoms with Gasteiger partial charge in [0.2, 0.25) is 0 Å². The lowest BCUT2D eigenvalue weighted by Gasteiger charge is -2.32. The number of nitrogens with zero attached hydrogens (tertiary/aromatic N) is 1. The van der Waals surface area contributed by atoms with E-state index in [-0.39, 0.29) is 17.9 Å². The number of benzene rings is 1. The Labute approximate surface area is 128 Å². The molecule has 3 rings (SSSR count). The Bertz CT molecular complexity index is 629. The molecule has 0 radical (unpaired) electrons. The van der Waals surface area contributed by atoms with Crippen LogP contribution >= 0.6 is 0 Å². The topological polar surface area (TPSA) is 62.6 Å². The zero-order chi connectivity index (χ0) is 15.4. The molecule has 0 aliphatic carbocycles. The first-order chi connectivity index (χ1) is 10.7. The quantitative estimate of drug-likeness (QED) is 0.946. The van der Waals surface area contributed by atoms with Gasteiger partial charge in [-0.05, 0) is 31.0 Å². The van der Waals surface area contributed by atoms with Crippen molar-refractivity contribution in [1.82, 2.24) is 10.2 Å². The maximum Gasteiger partial charge on any atom is 0.254 e. The van der Waals surface area contributed by atoms with Crippen molar-refractivity contribution in [2.24, 2.45) is 0 Å². The standard InChI is InChI=1S/C17H18N2O3/c20-16(14-8-11-22-12-14)18-15-6-9-19(10-7-15)17(21)13-4-2-1-3-5-13/h1-5,8,11-12,15H,6-7,9-10H2,(H,18,20). The molecular weight excluding hydrogens is 280 g/mol. The van der Waals surface area contributed by atoms with Crippen LogP contribution in [-0.4, -0.2) is 35.8 Å². The van der Waals surface area contributed by atoms with E-state index in [1.807, 2.05) is 35.2 Å². The molecule has 1 aromatic heterocycles. The van der Waals surface area contributed by atoms with E-state index in [2.05, 4.69) is 5.32 Å². The van der Waals surface area contributed by atoms with Crippen molar-refractivity contribution in [1.29, 1.82) is 0 Å². The third-order valence-corrected chi connectivity index (χ3v) is 3.92. The van der Waals surface area contributed by atoms with E-state index in [0.717, 1.165) is 12.8 Å². The fraction of sp³-hybridized carbons (Fsp3) is 0.294. The van der Waals surface area contributed by atoms with Gasteiger partial charge in [-0.25, -0.2) is 0 Å². The summed E-state index contributed by atoms with van der Waals surface area (Å²) >= 11 is 0. The molecule has 0 unspecified atom stereocenters. The summed E-state index contributed by atoms with van der Waals surface area (Å²) in [4.78, 5) is 26.1. The van der Waals surface area contributed by atoms with Crippen LogP contribution in [0.1, 0.15) is 33.6 Å². The van der Waals surface area contributed by atoms with Crippen molar-refractivity contribution in [2.75, 3.05) is 13.1 Å². The number of furan rings is 1. The molecule has 1 saturated heterocycles. The number of nitrogens with one attached hydrogen (secondary N) is 1. The zero-order valence-corrected chi connectivity index (χ0v) is 12.2. The summed E-state index contributed by atoms with van der Waals surface area (Å²) in [5.74, 6) is -0.0678. The zero-order valence-electron chi connectivity index (χ0n) is 12.2. The maximum absolute atomic E-state index is 12.3. The molecule has 2 aromatic rings. The van der Waals surface area contributed by atoms with Gasteiger partial charge in [-0.2, -0.15) is 0 Å². The number of amides is 2. The summed E-state index contributed by atoms with van der Waals surface area (Å²) in [6.45, 7) is 1.31. The maximum atomic E-state index is 12.3. The first kappa shape index (κ1) is 14.4. The Hall–Kier alpha value is -2.56. The van der Waals surface area contributed by atoms with E-state index in [9.17, 15) is 9.59 Å². The Balaban J connectivity index is 1.52. The summed E-state index contributed by atoms with van der Waals surface area (Å²) < 4.78 is 4.91. The predicted molar refractivity (Wildman–Crippen MR) is 81.5 cm³/mol. The van der Waals surface area contributed by atoms with Crippen LogP contribution in [0, 0.1) is 0 Å². The normalized spacial score (nSPS) is 15.5. The highest BCUT2D eigenvalue weighted by Gasteiger charge is 2.24. The molecule has 0 spiro atoms. The van der Waals surface area contributed by atoms with Crippen molar-refractivity contribution in [3.8, 4) is 0 Å². The smallest absolute Gasteiger partial charge is 0.254 e. The van der Waals surface area contributed by atoms with Crippen molar-refractivity contribution in [2.45, 2.75) is 18.9 Å². The Morgan fingerprint density at radius 3 is 2.41 bits per heavy atom. The van der Waals surface area contributed by atoms with Crippen molar-refractivity contribution in [3.05, 3.63) is 60.1 Å². The lowest BCUT2D eigenvalue weighted by molar-refractivity contribution is 0.0698. The lowest BCUT2D eigenvalue weighted by Crippen LogP contribution is -2.46. The van der Waals surface area contributed by atoms with E-state index in [4.69, 9.17) is 4.42 Å². The van der Waals surface area contributed by atoms with Crippen molar-refractivity contribution < 1.29 is 14.0 Å². The molecule has 22 heavy (non-hydrogen) atoms. The van der Waals surface area contributed by atoms with Gasteiger partial charge in [-0.3, -0.25) is 9.59 Å². The molecule has 1 aromatic carbocycles. The molecule has 1 aliphatic heterocycles. The van der Waals surface area contributed by atoms with E-state index in [0.29, 0.717) is 24.2 Å². The van der Waals surface area contributed by atoms with Gasteiger partial charge >= 0.3 is 0 Å². The average Bonchev–Trinajstić information content (AvgIpc) is 3.10. The first-order valence-electron chi connectivity index (χ1n) is 7.41. The highest BCUT2D eigenvalue weighted by atomic mass is 16.3. The minimum absolute atomic E-state index is 0.0558. The number of rotatable bonds is 3. The molecule has 1 fully saturated rings. The van der Waals surface area contributed by atoms with Gasteiger partial charge < -0.3 is 14.6 Å². The molecule has 114 valence electrons. The highest BCUT2D eigenvalue weighted by Crippen LogP contribution is 2.14. The number of hydrogen-bond acceptors (Lipinski definition) is 3. The largest absolute Gasteiger partial charge is 0.472 e. The second-order valence-electron chi connectivity index (χ2n) is 5.42. The minimum atomic E-state index is -0.124. The highest BCUT2D eigenvalue weighted by molar-refractivity contribution is 5.95. The Morgan fingerprint density at radius 2 is 1.77 bits per heavy atom. The Morgan fingerprint density at radius 1 is 1.05 bits per heavy atom. The fourth-order valence-corrected chi connectivity index (χ4v) is 2.65. The predicted octanol–water partition coefficient (Wildman–Crippen LogP) is 2.31. The lowest BCUT2D eigenvalue weighted by atomic mass is 10.0. The number of piperidine rings is 1. The molecule has 5 nitrogen and oxygen atoms in total. The Kier molecular flexibility index (Phi) is 4.23. The third kappa shape index (κ3) is 3.19. The minimum Gasteiger partial charge on any atom is -0.472 e. The summed E-state index contributed by atoms with van der Waals surface area (Å²) in [5.41, 5.74) is 1.24. The second-order valence-corrected chi connectivity index (χ2v) is 5.42.